The van der Waals surface area contributed by atoms with Crippen molar-refractivity contribution < 1.29 is 14.3 Å². The second kappa shape index (κ2) is 6.95. The summed E-state index contributed by atoms with van der Waals surface area (Å²) in [6.07, 6.45) is 1.51. The first-order valence-corrected chi connectivity index (χ1v) is 8.68. The molecule has 0 aliphatic carbocycles. The molecule has 3 rings (SSSR count). The minimum atomic E-state index is -0.265. The average molecular weight is 414 g/mol. The Kier molecular flexibility index (Phi) is 4.97. The van der Waals surface area contributed by atoms with Crippen LogP contribution >= 0.6 is 22.6 Å². The van der Waals surface area contributed by atoms with Crippen molar-refractivity contribution in [1.29, 1.82) is 0 Å². The molecule has 118 valence electrons. The highest BCUT2D eigenvalue weighted by molar-refractivity contribution is 14.1. The number of carbonyl (C=O) groups excluding carboxylic acids is 2. The summed E-state index contributed by atoms with van der Waals surface area (Å²) in [5.74, 6) is 0.125. The maximum absolute atomic E-state index is 12.4. The van der Waals surface area contributed by atoms with Gasteiger partial charge in [0, 0.05) is 41.9 Å². The Morgan fingerprint density at radius 3 is 2.27 bits per heavy atom. The Morgan fingerprint density at radius 2 is 1.68 bits per heavy atom. The van der Waals surface area contributed by atoms with Crippen molar-refractivity contribution in [3.8, 4) is 0 Å². The van der Waals surface area contributed by atoms with Gasteiger partial charge in [0.15, 0.2) is 0 Å². The maximum atomic E-state index is 12.4. The van der Waals surface area contributed by atoms with Gasteiger partial charge < -0.3 is 14.5 Å². The van der Waals surface area contributed by atoms with E-state index in [1.54, 1.807) is 0 Å². The molecule has 0 spiro atoms. The number of amides is 2. The molecule has 22 heavy (non-hydrogen) atoms. The summed E-state index contributed by atoms with van der Waals surface area (Å²) in [4.78, 5) is 28.4. The van der Waals surface area contributed by atoms with Crippen LogP contribution in [-0.2, 0) is 9.53 Å². The number of halogens is 1. The van der Waals surface area contributed by atoms with Crippen LogP contribution in [0.25, 0.3) is 0 Å². The summed E-state index contributed by atoms with van der Waals surface area (Å²) in [6, 6.07) is 7.58. The summed E-state index contributed by atoms with van der Waals surface area (Å²) < 4.78 is 6.56. The van der Waals surface area contributed by atoms with Gasteiger partial charge in [-0.3, -0.25) is 9.59 Å². The molecule has 5 nitrogen and oxygen atoms in total. The highest BCUT2D eigenvalue weighted by Gasteiger charge is 2.31. The van der Waals surface area contributed by atoms with Crippen molar-refractivity contribution in [2.24, 2.45) is 0 Å². The normalized spacial score (nSPS) is 22.0. The van der Waals surface area contributed by atoms with E-state index >= 15 is 0 Å². The maximum Gasteiger partial charge on any atom is 0.253 e. The van der Waals surface area contributed by atoms with Crippen LogP contribution in [0, 0.1) is 3.57 Å². The number of benzene rings is 1. The molecule has 2 heterocycles. The molecular weight excluding hydrogens is 395 g/mol. The number of nitrogens with zero attached hydrogens (tertiary/aromatic N) is 2. The van der Waals surface area contributed by atoms with Crippen LogP contribution in [-0.4, -0.2) is 60.5 Å². The lowest BCUT2D eigenvalue weighted by molar-refractivity contribution is -0.142. The lowest BCUT2D eigenvalue weighted by atomic mass is 10.1. The molecule has 0 N–H and O–H groups in total. The Hall–Kier alpha value is -1.15. The largest absolute Gasteiger partial charge is 0.368 e. The van der Waals surface area contributed by atoms with Crippen molar-refractivity contribution in [2.45, 2.75) is 18.9 Å². The van der Waals surface area contributed by atoms with Crippen molar-refractivity contribution in [2.75, 3.05) is 32.8 Å². The van der Waals surface area contributed by atoms with Gasteiger partial charge in [0.25, 0.3) is 11.8 Å². The fraction of sp³-hybridized carbons (Fsp3) is 0.500. The van der Waals surface area contributed by atoms with E-state index in [2.05, 4.69) is 22.6 Å². The second-order valence-corrected chi connectivity index (χ2v) is 6.87. The summed E-state index contributed by atoms with van der Waals surface area (Å²) >= 11 is 2.22. The average Bonchev–Trinajstić information content (AvgIpc) is 3.09. The summed E-state index contributed by atoms with van der Waals surface area (Å²) in [6.45, 7) is 3.04. The molecule has 2 saturated heterocycles. The number of carbonyl (C=O) groups is 2. The van der Waals surface area contributed by atoms with Crippen LogP contribution in [0.1, 0.15) is 23.2 Å². The van der Waals surface area contributed by atoms with Gasteiger partial charge in [0.05, 0.1) is 0 Å². The van der Waals surface area contributed by atoms with Gasteiger partial charge in [-0.25, -0.2) is 0 Å². The predicted octanol–water partition coefficient (Wildman–Crippen LogP) is 1.75. The molecule has 1 aromatic carbocycles. The fourth-order valence-electron chi connectivity index (χ4n) is 2.88. The Bertz CT molecular complexity index is 547. The first-order chi connectivity index (χ1) is 10.6. The molecule has 1 aromatic rings. The standard InChI is InChI=1S/C16H19IN2O3/c17-13-5-3-12(4-6-13)15(20)18-7-9-19(10-8-18)16(21)14-2-1-11-22-14/h3-6,14H,1-2,7-11H2. The van der Waals surface area contributed by atoms with Crippen LogP contribution in [0.2, 0.25) is 0 Å². The molecule has 2 aliphatic rings. The van der Waals surface area contributed by atoms with Gasteiger partial charge in [-0.15, -0.1) is 0 Å². The van der Waals surface area contributed by atoms with Crippen LogP contribution < -0.4 is 0 Å². The molecule has 0 radical (unpaired) electrons. The topological polar surface area (TPSA) is 49.9 Å². The summed E-state index contributed by atoms with van der Waals surface area (Å²) in [7, 11) is 0. The fourth-order valence-corrected chi connectivity index (χ4v) is 3.24. The molecule has 0 saturated carbocycles. The zero-order chi connectivity index (χ0) is 15.5. The molecule has 1 unspecified atom stereocenters. The number of hydrogen-bond donors (Lipinski definition) is 0. The highest BCUT2D eigenvalue weighted by atomic mass is 127. The van der Waals surface area contributed by atoms with Crippen LogP contribution in [0.15, 0.2) is 24.3 Å². The first-order valence-electron chi connectivity index (χ1n) is 7.60. The Labute approximate surface area is 143 Å². The number of rotatable bonds is 2. The SMILES string of the molecule is O=C(c1ccc(I)cc1)N1CCN(C(=O)C2CCCO2)CC1. The third kappa shape index (κ3) is 3.43. The second-order valence-electron chi connectivity index (χ2n) is 5.63. The lowest BCUT2D eigenvalue weighted by Crippen LogP contribution is -2.52. The van der Waals surface area contributed by atoms with E-state index in [0.717, 1.165) is 16.4 Å². The summed E-state index contributed by atoms with van der Waals surface area (Å²) in [5.41, 5.74) is 0.708. The third-order valence-electron chi connectivity index (χ3n) is 4.17. The molecule has 6 heteroatoms. The molecule has 0 bridgehead atoms. The Balaban J connectivity index is 1.56. The minimum Gasteiger partial charge on any atom is -0.368 e. The molecule has 2 amide bonds. The third-order valence-corrected chi connectivity index (χ3v) is 4.89. The predicted molar refractivity (Wildman–Crippen MR) is 90.6 cm³/mol. The number of hydrogen-bond acceptors (Lipinski definition) is 3. The molecular formula is C16H19IN2O3. The van der Waals surface area contributed by atoms with Gasteiger partial charge in [0.2, 0.25) is 0 Å². The molecule has 2 aliphatic heterocycles. The first kappa shape index (κ1) is 15.7. The highest BCUT2D eigenvalue weighted by Crippen LogP contribution is 2.17. The van der Waals surface area contributed by atoms with Crippen LogP contribution in [0.3, 0.4) is 0 Å². The van der Waals surface area contributed by atoms with Gasteiger partial charge in [-0.05, 0) is 59.7 Å². The van der Waals surface area contributed by atoms with Gasteiger partial charge in [-0.2, -0.15) is 0 Å². The van der Waals surface area contributed by atoms with Gasteiger partial charge in [-0.1, -0.05) is 0 Å². The zero-order valence-corrected chi connectivity index (χ0v) is 14.5. The van der Waals surface area contributed by atoms with E-state index in [9.17, 15) is 9.59 Å². The van der Waals surface area contributed by atoms with E-state index in [-0.39, 0.29) is 17.9 Å². The van der Waals surface area contributed by atoms with Crippen molar-refractivity contribution in [3.63, 3.8) is 0 Å². The van der Waals surface area contributed by atoms with Crippen molar-refractivity contribution in [3.05, 3.63) is 33.4 Å². The van der Waals surface area contributed by atoms with Crippen molar-refractivity contribution in [1.82, 2.24) is 9.80 Å². The number of piperazine rings is 1. The van der Waals surface area contributed by atoms with E-state index in [0.29, 0.717) is 38.3 Å². The van der Waals surface area contributed by atoms with E-state index in [4.69, 9.17) is 4.74 Å². The smallest absolute Gasteiger partial charge is 0.253 e. The van der Waals surface area contributed by atoms with Crippen LogP contribution in [0.5, 0.6) is 0 Å². The zero-order valence-electron chi connectivity index (χ0n) is 12.3. The van der Waals surface area contributed by atoms with Crippen molar-refractivity contribution >= 4 is 34.4 Å². The van der Waals surface area contributed by atoms with Crippen LogP contribution in [0.4, 0.5) is 0 Å². The Morgan fingerprint density at radius 1 is 1.05 bits per heavy atom. The quantitative estimate of drug-likeness (QED) is 0.694. The van der Waals surface area contributed by atoms with E-state index in [1.807, 2.05) is 34.1 Å². The minimum absolute atomic E-state index is 0.0422. The summed E-state index contributed by atoms with van der Waals surface area (Å²) in [5, 5.41) is 0. The molecule has 2 fully saturated rings. The molecule has 1 atom stereocenters. The lowest BCUT2D eigenvalue weighted by Gasteiger charge is -2.35. The van der Waals surface area contributed by atoms with E-state index in [1.165, 1.54) is 0 Å². The number of ether oxygens (including phenoxy) is 1. The monoisotopic (exact) mass is 414 g/mol. The van der Waals surface area contributed by atoms with Gasteiger partial charge in [0.1, 0.15) is 6.10 Å². The van der Waals surface area contributed by atoms with Gasteiger partial charge >= 0.3 is 0 Å². The molecule has 0 aromatic heterocycles. The van der Waals surface area contributed by atoms with E-state index < -0.39 is 0 Å².